The van der Waals surface area contributed by atoms with Crippen LogP contribution in [0.4, 0.5) is 0 Å². The van der Waals surface area contributed by atoms with Crippen LogP contribution >= 0.6 is 31.9 Å². The number of hydrogen-bond acceptors (Lipinski definition) is 1. The molecule has 2 nitrogen and oxygen atoms in total. The monoisotopic (exact) mass is 311 g/mol. The van der Waals surface area contributed by atoms with Crippen LogP contribution < -0.4 is 0 Å². The molecule has 1 saturated carbocycles. The van der Waals surface area contributed by atoms with E-state index in [9.17, 15) is 4.79 Å². The van der Waals surface area contributed by atoms with Crippen molar-refractivity contribution in [3.05, 3.63) is 0 Å². The smallest absolute Gasteiger partial charge is 0.230 e. The van der Waals surface area contributed by atoms with Crippen LogP contribution in [0.1, 0.15) is 27.2 Å². The molecule has 0 aromatic rings. The van der Waals surface area contributed by atoms with E-state index < -0.39 is 0 Å². The Bertz CT molecular complexity index is 226. The Balaban J connectivity index is 2.69. The molecule has 0 aromatic heterocycles. The van der Waals surface area contributed by atoms with E-state index in [1.165, 1.54) is 0 Å². The van der Waals surface area contributed by atoms with Crippen LogP contribution in [0.15, 0.2) is 0 Å². The van der Waals surface area contributed by atoms with Crippen LogP contribution in [-0.2, 0) is 4.79 Å². The molecule has 76 valence electrons. The lowest BCUT2D eigenvalue weighted by molar-refractivity contribution is -0.135. The van der Waals surface area contributed by atoms with Crippen molar-refractivity contribution in [3.8, 4) is 0 Å². The summed E-state index contributed by atoms with van der Waals surface area (Å²) in [5.41, 5.74) is -0.251. The van der Waals surface area contributed by atoms with Gasteiger partial charge in [-0.3, -0.25) is 4.79 Å². The minimum absolute atomic E-state index is 0.160. The van der Waals surface area contributed by atoms with Gasteiger partial charge >= 0.3 is 0 Å². The highest BCUT2D eigenvalue weighted by Gasteiger charge is 2.67. The molecule has 0 heterocycles. The topological polar surface area (TPSA) is 20.3 Å². The highest BCUT2D eigenvalue weighted by atomic mass is 79.9. The summed E-state index contributed by atoms with van der Waals surface area (Å²) >= 11 is 7.01. The fourth-order valence-corrected chi connectivity index (χ4v) is 2.95. The number of halogens is 2. The molecule has 0 radical (unpaired) electrons. The molecule has 0 saturated heterocycles. The van der Waals surface area contributed by atoms with Gasteiger partial charge in [-0.15, -0.1) is 0 Å². The first-order valence-corrected chi connectivity index (χ1v) is 6.15. The molecule has 0 spiro atoms. The quantitative estimate of drug-likeness (QED) is 0.734. The Hall–Kier alpha value is 0.430. The lowest BCUT2D eigenvalue weighted by Gasteiger charge is -2.23. The zero-order chi connectivity index (χ0) is 10.3. The summed E-state index contributed by atoms with van der Waals surface area (Å²) in [5, 5.41) is 0. The summed E-state index contributed by atoms with van der Waals surface area (Å²) in [7, 11) is 0. The summed E-state index contributed by atoms with van der Waals surface area (Å²) in [6.45, 7) is 7.60. The summed E-state index contributed by atoms with van der Waals surface area (Å²) in [4.78, 5) is 13.9. The molecule has 1 rings (SSSR count). The molecule has 1 fully saturated rings. The van der Waals surface area contributed by atoms with Crippen molar-refractivity contribution in [2.45, 2.75) is 30.4 Å². The number of nitrogens with zero attached hydrogens (tertiary/aromatic N) is 1. The molecule has 1 amide bonds. The Morgan fingerprint density at radius 1 is 1.38 bits per heavy atom. The van der Waals surface area contributed by atoms with Crippen molar-refractivity contribution in [2.75, 3.05) is 13.1 Å². The Morgan fingerprint density at radius 2 is 1.77 bits per heavy atom. The highest BCUT2D eigenvalue weighted by Crippen LogP contribution is 2.66. The Kier molecular flexibility index (Phi) is 3.13. The zero-order valence-corrected chi connectivity index (χ0v) is 11.4. The van der Waals surface area contributed by atoms with Gasteiger partial charge in [0, 0.05) is 13.1 Å². The first-order valence-electron chi connectivity index (χ1n) is 4.56. The minimum atomic E-state index is -0.251. The number of rotatable bonds is 3. The second-order valence-electron chi connectivity index (χ2n) is 3.69. The first-order chi connectivity index (χ1) is 5.89. The van der Waals surface area contributed by atoms with E-state index in [2.05, 4.69) is 31.9 Å². The van der Waals surface area contributed by atoms with Gasteiger partial charge in [0.1, 0.15) is 0 Å². The number of carbonyl (C=O) groups is 1. The van der Waals surface area contributed by atoms with Gasteiger partial charge < -0.3 is 4.90 Å². The van der Waals surface area contributed by atoms with Gasteiger partial charge in [-0.1, -0.05) is 31.9 Å². The molecule has 0 aromatic carbocycles. The number of carbonyl (C=O) groups excluding carboxylic acids is 1. The molecular weight excluding hydrogens is 298 g/mol. The van der Waals surface area contributed by atoms with E-state index in [0.717, 1.165) is 19.5 Å². The fraction of sp³-hybridized carbons (Fsp3) is 0.889. The van der Waals surface area contributed by atoms with Gasteiger partial charge in [-0.05, 0) is 27.2 Å². The molecule has 1 unspecified atom stereocenters. The maximum Gasteiger partial charge on any atom is 0.230 e. The lowest BCUT2D eigenvalue weighted by atomic mass is 10.1. The van der Waals surface area contributed by atoms with E-state index in [0.29, 0.717) is 0 Å². The molecule has 4 heteroatoms. The normalized spacial score (nSPS) is 29.9. The van der Waals surface area contributed by atoms with Crippen LogP contribution in [0.5, 0.6) is 0 Å². The molecule has 1 aliphatic rings. The molecule has 0 bridgehead atoms. The van der Waals surface area contributed by atoms with Gasteiger partial charge in [0.15, 0.2) is 0 Å². The van der Waals surface area contributed by atoms with Crippen LogP contribution in [0, 0.1) is 5.41 Å². The van der Waals surface area contributed by atoms with Gasteiger partial charge in [-0.2, -0.15) is 0 Å². The second-order valence-corrected chi connectivity index (χ2v) is 7.46. The van der Waals surface area contributed by atoms with Crippen molar-refractivity contribution < 1.29 is 4.79 Å². The average molecular weight is 313 g/mol. The fourth-order valence-electron chi connectivity index (χ4n) is 1.49. The predicted octanol–water partition coefficient (Wildman–Crippen LogP) is 2.75. The second kappa shape index (κ2) is 3.54. The number of alkyl halides is 2. The van der Waals surface area contributed by atoms with E-state index >= 15 is 0 Å². The summed E-state index contributed by atoms with van der Waals surface area (Å²) in [6, 6.07) is 0. The van der Waals surface area contributed by atoms with E-state index in [4.69, 9.17) is 0 Å². The van der Waals surface area contributed by atoms with Crippen molar-refractivity contribution in [2.24, 2.45) is 5.41 Å². The number of amides is 1. The Labute approximate surface area is 96.3 Å². The third-order valence-electron chi connectivity index (χ3n) is 2.78. The molecular formula is C9H15Br2NO. The molecule has 13 heavy (non-hydrogen) atoms. The van der Waals surface area contributed by atoms with Crippen LogP contribution in [0.3, 0.4) is 0 Å². The zero-order valence-electron chi connectivity index (χ0n) is 8.23. The number of hydrogen-bond donors (Lipinski definition) is 0. The van der Waals surface area contributed by atoms with Gasteiger partial charge in [0.05, 0.1) is 8.65 Å². The predicted molar refractivity (Wildman–Crippen MR) is 61.2 cm³/mol. The third-order valence-corrected chi connectivity index (χ3v) is 5.09. The van der Waals surface area contributed by atoms with Gasteiger partial charge in [0.2, 0.25) is 5.91 Å². The van der Waals surface area contributed by atoms with Gasteiger partial charge in [0.25, 0.3) is 0 Å². The van der Waals surface area contributed by atoms with Crippen LogP contribution in [-0.4, -0.2) is 27.1 Å². The molecule has 0 aliphatic heterocycles. The molecule has 1 aliphatic carbocycles. The van der Waals surface area contributed by atoms with Crippen molar-refractivity contribution >= 4 is 37.8 Å². The summed E-state index contributed by atoms with van der Waals surface area (Å²) in [5.74, 6) is 0.242. The van der Waals surface area contributed by atoms with E-state index in [1.54, 1.807) is 0 Å². The van der Waals surface area contributed by atoms with Crippen molar-refractivity contribution in [1.82, 2.24) is 4.90 Å². The summed E-state index contributed by atoms with van der Waals surface area (Å²) in [6.07, 6.45) is 0.870. The largest absolute Gasteiger partial charge is 0.343 e. The average Bonchev–Trinajstić information content (AvgIpc) is 2.55. The highest BCUT2D eigenvalue weighted by molar-refractivity contribution is 9.25. The SMILES string of the molecule is CCN(CC)C(=O)C1(C)CC1(Br)Br. The molecule has 0 N–H and O–H groups in total. The summed E-state index contributed by atoms with van der Waals surface area (Å²) < 4.78 is -0.160. The standard InChI is InChI=1S/C9H15Br2NO/c1-4-12(5-2)7(13)8(3)6-9(8,10)11/h4-6H2,1-3H3. The first kappa shape index (κ1) is 11.5. The van der Waals surface area contributed by atoms with Crippen molar-refractivity contribution in [1.29, 1.82) is 0 Å². The van der Waals surface area contributed by atoms with Crippen molar-refractivity contribution in [3.63, 3.8) is 0 Å². The third kappa shape index (κ3) is 1.80. The lowest BCUT2D eigenvalue weighted by Crippen LogP contribution is -2.37. The van der Waals surface area contributed by atoms with E-state index in [1.807, 2.05) is 25.7 Å². The van der Waals surface area contributed by atoms with Crippen LogP contribution in [0.25, 0.3) is 0 Å². The van der Waals surface area contributed by atoms with Gasteiger partial charge in [-0.25, -0.2) is 0 Å². The van der Waals surface area contributed by atoms with E-state index in [-0.39, 0.29) is 14.6 Å². The van der Waals surface area contributed by atoms with Crippen LogP contribution in [0.2, 0.25) is 0 Å². The Morgan fingerprint density at radius 3 is 2.00 bits per heavy atom. The minimum Gasteiger partial charge on any atom is -0.343 e. The maximum atomic E-state index is 12.0. The maximum absolute atomic E-state index is 12.0. The molecule has 1 atom stereocenters.